The smallest absolute Gasteiger partial charge is 0.322 e. The van der Waals surface area contributed by atoms with Crippen LogP contribution in [0.4, 0.5) is 0 Å². The molecule has 0 heterocycles. The average Bonchev–Trinajstić information content (AvgIpc) is 2.54. The molecule has 8 bridgehead atoms. The van der Waals surface area contributed by atoms with Gasteiger partial charge in [-0.15, -0.1) is 9.24 Å². The van der Waals surface area contributed by atoms with Crippen LogP contribution < -0.4 is 0 Å². The maximum atomic E-state index is 2.70. The molecule has 0 saturated heterocycles. The van der Waals surface area contributed by atoms with Crippen LogP contribution in [0, 0.1) is 53.8 Å². The molecule has 8 saturated carbocycles. The van der Waals surface area contributed by atoms with Crippen LogP contribution >= 0.6 is 9.24 Å². The Kier molecular flexibility index (Phi) is 8.57. The van der Waals surface area contributed by atoms with Crippen LogP contribution in [0.25, 0.3) is 0 Å². The summed E-state index contributed by atoms with van der Waals surface area (Å²) in [7, 11) is 2.70. The third kappa shape index (κ3) is 5.58. The van der Waals surface area contributed by atoms with E-state index in [1.165, 1.54) is 38.3 Å². The molecule has 1 atom stereocenters. The third-order valence-corrected chi connectivity index (χ3v) is 8.45. The topological polar surface area (TPSA) is 0 Å². The van der Waals surface area contributed by atoms with Crippen molar-refractivity contribution >= 4 is 9.24 Å². The van der Waals surface area contributed by atoms with Crippen LogP contribution in [-0.4, -0.2) is 6.16 Å². The van der Waals surface area contributed by atoms with E-state index in [4.69, 9.17) is 0 Å². The van der Waals surface area contributed by atoms with Gasteiger partial charge in [0, 0.05) is 0 Å². The molecule has 152 valence electrons. The van der Waals surface area contributed by atoms with Gasteiger partial charge in [-0.25, -0.2) is 0 Å². The molecule has 8 aliphatic carbocycles. The van der Waals surface area contributed by atoms with Gasteiger partial charge in [-0.1, -0.05) is 82.5 Å². The minimum absolute atomic E-state index is 0. The fourth-order valence-corrected chi connectivity index (χ4v) is 7.94. The first kappa shape index (κ1) is 21.8. The standard InChI is InChI=1S/2C10H15.C4H11P.Pd/c2*1-7-2-9-4-8(1)5-10(3-7)6-9;1-2-3-4-5;/h7-9H,1-6H2;1,7-10H,2-6H2;2-5H2,1H3;/q2*-1;;+2. The van der Waals surface area contributed by atoms with Gasteiger partial charge in [-0.05, 0) is 24.4 Å². The van der Waals surface area contributed by atoms with E-state index < -0.39 is 0 Å². The maximum Gasteiger partial charge on any atom is 2.00 e. The van der Waals surface area contributed by atoms with Crippen molar-refractivity contribution in [1.29, 1.82) is 0 Å². The minimum atomic E-state index is 0. The van der Waals surface area contributed by atoms with Crippen LogP contribution in [0.1, 0.15) is 90.4 Å². The molecule has 2 heteroatoms. The Morgan fingerprint density at radius 1 is 0.731 bits per heavy atom. The van der Waals surface area contributed by atoms with E-state index >= 15 is 0 Å². The van der Waals surface area contributed by atoms with Gasteiger partial charge in [0.05, 0.1) is 0 Å². The average molecular weight is 467 g/mol. The van der Waals surface area contributed by atoms with E-state index in [1.54, 1.807) is 51.4 Å². The molecule has 0 N–H and O–H groups in total. The summed E-state index contributed by atoms with van der Waals surface area (Å²) in [6, 6.07) is 0. The summed E-state index contributed by atoms with van der Waals surface area (Å²) in [6.07, 6.45) is 23.7. The predicted octanol–water partition coefficient (Wildman–Crippen LogP) is 7.10. The van der Waals surface area contributed by atoms with Gasteiger partial charge in [0.2, 0.25) is 0 Å². The van der Waals surface area contributed by atoms with Crippen molar-refractivity contribution < 1.29 is 20.4 Å². The fraction of sp³-hybridized carbons (Fsp3) is 0.917. The zero-order valence-corrected chi connectivity index (χ0v) is 19.6. The van der Waals surface area contributed by atoms with Crippen LogP contribution in [0.3, 0.4) is 0 Å². The number of unbranched alkanes of at least 4 members (excludes halogenated alkanes) is 1. The monoisotopic (exact) mass is 466 g/mol. The maximum absolute atomic E-state index is 2.70. The Labute approximate surface area is 179 Å². The van der Waals surface area contributed by atoms with Crippen molar-refractivity contribution in [2.75, 3.05) is 6.16 Å². The minimum Gasteiger partial charge on any atom is -0.322 e. The summed E-state index contributed by atoms with van der Waals surface area (Å²) in [4.78, 5) is 0. The van der Waals surface area contributed by atoms with Crippen LogP contribution in [0.15, 0.2) is 0 Å². The third-order valence-electron chi connectivity index (χ3n) is 8.05. The Morgan fingerprint density at radius 3 is 1.42 bits per heavy atom. The molecule has 0 radical (unpaired) electrons. The zero-order valence-electron chi connectivity index (χ0n) is 16.9. The fourth-order valence-electron chi connectivity index (χ4n) is 7.53. The number of hydrogen-bond donors (Lipinski definition) is 0. The second-order valence-corrected chi connectivity index (χ2v) is 11.0. The Balaban J connectivity index is 0.000000118. The van der Waals surface area contributed by atoms with Crippen molar-refractivity contribution in [3.8, 4) is 0 Å². The second-order valence-electron chi connectivity index (χ2n) is 10.4. The van der Waals surface area contributed by atoms with E-state index in [0.717, 1.165) is 41.4 Å². The first-order valence-electron chi connectivity index (χ1n) is 11.6. The van der Waals surface area contributed by atoms with E-state index in [9.17, 15) is 0 Å². The summed E-state index contributed by atoms with van der Waals surface area (Å²) in [5.74, 6) is 9.75. The summed E-state index contributed by atoms with van der Waals surface area (Å²) in [5, 5.41) is 0. The normalized spacial score (nSPS) is 43.8. The zero-order chi connectivity index (χ0) is 17.2. The largest absolute Gasteiger partial charge is 2.00 e. The molecule has 0 aromatic heterocycles. The molecular weight excluding hydrogens is 426 g/mol. The van der Waals surface area contributed by atoms with E-state index in [-0.39, 0.29) is 20.4 Å². The quantitative estimate of drug-likeness (QED) is 0.231. The van der Waals surface area contributed by atoms with E-state index in [2.05, 4.69) is 22.6 Å². The molecule has 0 spiro atoms. The van der Waals surface area contributed by atoms with Gasteiger partial charge in [0.25, 0.3) is 0 Å². The van der Waals surface area contributed by atoms with Crippen molar-refractivity contribution in [3.05, 3.63) is 12.3 Å². The van der Waals surface area contributed by atoms with Gasteiger partial charge in [0.15, 0.2) is 0 Å². The number of hydrogen-bond acceptors (Lipinski definition) is 0. The molecule has 8 rings (SSSR count). The molecule has 0 aromatic rings. The first-order chi connectivity index (χ1) is 12.2. The van der Waals surface area contributed by atoms with Crippen LogP contribution in [0.5, 0.6) is 0 Å². The molecule has 0 amide bonds. The van der Waals surface area contributed by atoms with Gasteiger partial charge < -0.3 is 12.3 Å². The van der Waals surface area contributed by atoms with Crippen LogP contribution in [-0.2, 0) is 20.4 Å². The van der Waals surface area contributed by atoms with Gasteiger partial charge in [0.1, 0.15) is 0 Å². The van der Waals surface area contributed by atoms with Crippen molar-refractivity contribution in [3.63, 3.8) is 0 Å². The van der Waals surface area contributed by atoms with E-state index in [1.807, 2.05) is 5.92 Å². The molecule has 1 unspecified atom stereocenters. The summed E-state index contributed by atoms with van der Waals surface area (Å²) < 4.78 is 0. The molecule has 26 heavy (non-hydrogen) atoms. The number of rotatable bonds is 2. The summed E-state index contributed by atoms with van der Waals surface area (Å²) >= 11 is 0. The first-order valence-corrected chi connectivity index (χ1v) is 12.4. The van der Waals surface area contributed by atoms with Gasteiger partial charge in [-0.2, -0.15) is 31.1 Å². The SMILES string of the molecule is C1[C-]2CC3CC1CC(C2)C3.CCCCP.[CH-]1C2CC3CC1CC(C2)C3.[Pd+2]. The van der Waals surface area contributed by atoms with Crippen molar-refractivity contribution in [2.45, 2.75) is 90.4 Å². The van der Waals surface area contributed by atoms with E-state index in [0.29, 0.717) is 0 Å². The Morgan fingerprint density at radius 2 is 1.15 bits per heavy atom. The molecule has 0 nitrogen and oxygen atoms in total. The molecule has 0 aliphatic heterocycles. The molecule has 8 fully saturated rings. The molecular formula is C24H41PPd. The van der Waals surface area contributed by atoms with Crippen molar-refractivity contribution in [1.82, 2.24) is 0 Å². The summed E-state index contributed by atoms with van der Waals surface area (Å²) in [5.41, 5.74) is 0. The predicted molar refractivity (Wildman–Crippen MR) is 112 cm³/mol. The molecule has 8 aliphatic rings. The summed E-state index contributed by atoms with van der Waals surface area (Å²) in [6.45, 7) is 2.20. The molecule has 0 aromatic carbocycles. The van der Waals surface area contributed by atoms with Gasteiger partial charge >= 0.3 is 20.4 Å². The van der Waals surface area contributed by atoms with Gasteiger partial charge in [-0.3, -0.25) is 0 Å². The second kappa shape index (κ2) is 10.2. The Bertz CT molecular complexity index is 269. The van der Waals surface area contributed by atoms with Crippen molar-refractivity contribution in [2.24, 2.45) is 41.4 Å². The Hall–Kier alpha value is 1.09. The van der Waals surface area contributed by atoms with Crippen LogP contribution in [0.2, 0.25) is 0 Å².